The van der Waals surface area contributed by atoms with Crippen molar-refractivity contribution in [3.05, 3.63) is 0 Å². The Morgan fingerprint density at radius 3 is 2.43 bits per heavy atom. The molecule has 0 rings (SSSR count). The smallest absolute Gasteiger partial charge is 0.144 e. The maximum Gasteiger partial charge on any atom is 0.144 e. The van der Waals surface area contributed by atoms with Crippen molar-refractivity contribution in [3.8, 4) is 0 Å². The van der Waals surface area contributed by atoms with Crippen LogP contribution in [0.4, 0.5) is 0 Å². The maximum atomic E-state index is 5.41. The van der Waals surface area contributed by atoms with Crippen molar-refractivity contribution in [2.75, 3.05) is 12.5 Å². The second-order valence-corrected chi connectivity index (χ2v) is 1.82. The maximum absolute atomic E-state index is 5.41. The molecule has 0 aliphatic rings. The molecule has 0 aromatic carbocycles. The number of alkyl halides is 2. The zero-order chi connectivity index (χ0) is 5.70. The average Bonchev–Trinajstić information content (AvgIpc) is 1.68. The van der Waals surface area contributed by atoms with E-state index < -0.39 is 0 Å². The molecule has 0 saturated carbocycles. The summed E-state index contributed by atoms with van der Waals surface area (Å²) in [6, 6.07) is 0. The lowest BCUT2D eigenvalue weighted by Crippen LogP contribution is -2.04. The molecule has 0 spiro atoms. The van der Waals surface area contributed by atoms with Gasteiger partial charge < -0.3 is 4.74 Å². The van der Waals surface area contributed by atoms with E-state index in [1.807, 2.05) is 6.92 Å². The van der Waals surface area contributed by atoms with Gasteiger partial charge in [-0.15, -0.1) is 11.6 Å². The summed E-state index contributed by atoms with van der Waals surface area (Å²) < 4.78 is 4.82. The summed E-state index contributed by atoms with van der Waals surface area (Å²) in [7, 11) is 0. The van der Waals surface area contributed by atoms with Gasteiger partial charge in [0.05, 0.1) is 5.88 Å². The van der Waals surface area contributed by atoms with E-state index in [9.17, 15) is 0 Å². The molecule has 0 aliphatic carbocycles. The van der Waals surface area contributed by atoms with Crippen LogP contribution in [0.15, 0.2) is 0 Å². The van der Waals surface area contributed by atoms with Crippen molar-refractivity contribution in [2.24, 2.45) is 0 Å². The van der Waals surface area contributed by atoms with E-state index in [2.05, 4.69) is 0 Å². The summed E-state index contributed by atoms with van der Waals surface area (Å²) in [5.74, 6) is 0.357. The van der Waals surface area contributed by atoms with Gasteiger partial charge in [0, 0.05) is 6.61 Å². The number of ether oxygens (including phenoxy) is 1. The topological polar surface area (TPSA) is 9.23 Å². The number of rotatable bonds is 3. The molecule has 0 fully saturated rings. The molecule has 0 aromatic rings. The Kier molecular flexibility index (Phi) is 5.05. The first-order valence-corrected chi connectivity index (χ1v) is 3.10. The molecule has 0 bridgehead atoms. The van der Waals surface area contributed by atoms with Crippen LogP contribution in [0, 0.1) is 0 Å². The monoisotopic (exact) mass is 142 g/mol. The quantitative estimate of drug-likeness (QED) is 0.547. The Morgan fingerprint density at radius 1 is 1.71 bits per heavy atom. The predicted octanol–water partition coefficient (Wildman–Crippen LogP) is 1.83. The molecule has 0 aromatic heterocycles. The molecule has 3 heteroatoms. The molecule has 7 heavy (non-hydrogen) atoms. The van der Waals surface area contributed by atoms with Gasteiger partial charge in [0.2, 0.25) is 0 Å². The minimum atomic E-state index is -0.313. The molecule has 0 saturated heterocycles. The van der Waals surface area contributed by atoms with Crippen LogP contribution in [0.25, 0.3) is 0 Å². The molecule has 0 radical (unpaired) electrons. The first-order valence-electron chi connectivity index (χ1n) is 2.13. The number of hydrogen-bond acceptors (Lipinski definition) is 1. The Morgan fingerprint density at radius 2 is 2.29 bits per heavy atom. The summed E-state index contributed by atoms with van der Waals surface area (Å²) in [6.07, 6.45) is 0. The Bertz CT molecular complexity index is 40.7. The van der Waals surface area contributed by atoms with Crippen molar-refractivity contribution in [1.82, 2.24) is 0 Å². The molecule has 0 N–H and O–H groups in total. The third-order valence-corrected chi connectivity index (χ3v) is 1.19. The highest BCUT2D eigenvalue weighted by molar-refractivity contribution is 6.27. The zero-order valence-corrected chi connectivity index (χ0v) is 5.67. The van der Waals surface area contributed by atoms with Crippen LogP contribution in [0.1, 0.15) is 6.92 Å². The minimum absolute atomic E-state index is 0.313. The van der Waals surface area contributed by atoms with Crippen molar-refractivity contribution in [1.29, 1.82) is 0 Å². The zero-order valence-electron chi connectivity index (χ0n) is 4.16. The van der Waals surface area contributed by atoms with E-state index in [4.69, 9.17) is 27.9 Å². The second-order valence-electron chi connectivity index (χ2n) is 1.02. The predicted molar refractivity (Wildman–Crippen MR) is 32.0 cm³/mol. The van der Waals surface area contributed by atoms with Crippen LogP contribution >= 0.6 is 23.2 Å². The van der Waals surface area contributed by atoms with Gasteiger partial charge in [0.1, 0.15) is 5.56 Å². The van der Waals surface area contributed by atoms with Gasteiger partial charge in [-0.3, -0.25) is 0 Å². The number of halogens is 2. The molecule has 1 atom stereocenters. The fraction of sp³-hybridized carbons (Fsp3) is 1.00. The van der Waals surface area contributed by atoms with Crippen LogP contribution in [0.5, 0.6) is 0 Å². The lowest BCUT2D eigenvalue weighted by Gasteiger charge is -2.01. The summed E-state index contributed by atoms with van der Waals surface area (Å²) in [4.78, 5) is 0. The molecule has 44 valence electrons. The van der Waals surface area contributed by atoms with Crippen molar-refractivity contribution in [2.45, 2.75) is 12.5 Å². The van der Waals surface area contributed by atoms with E-state index in [1.54, 1.807) is 0 Å². The highest BCUT2D eigenvalue weighted by atomic mass is 35.5. The van der Waals surface area contributed by atoms with E-state index in [-0.39, 0.29) is 5.56 Å². The lowest BCUT2D eigenvalue weighted by atomic mass is 10.8. The third-order valence-electron chi connectivity index (χ3n) is 0.469. The van der Waals surface area contributed by atoms with E-state index in [0.29, 0.717) is 12.5 Å². The first-order chi connectivity index (χ1) is 3.31. The van der Waals surface area contributed by atoms with Crippen molar-refractivity contribution >= 4 is 23.2 Å². The molecule has 0 amide bonds. The molecule has 1 nitrogen and oxygen atoms in total. The third kappa shape index (κ3) is 4.39. The summed E-state index contributed by atoms with van der Waals surface area (Å²) in [5.41, 5.74) is -0.313. The van der Waals surface area contributed by atoms with Crippen molar-refractivity contribution < 1.29 is 4.74 Å². The van der Waals surface area contributed by atoms with Gasteiger partial charge in [-0.05, 0) is 6.92 Å². The highest BCUT2D eigenvalue weighted by Gasteiger charge is 1.96. The van der Waals surface area contributed by atoms with E-state index in [1.165, 1.54) is 0 Å². The van der Waals surface area contributed by atoms with Gasteiger partial charge >= 0.3 is 0 Å². The van der Waals surface area contributed by atoms with Crippen LogP contribution in [-0.4, -0.2) is 18.1 Å². The molecule has 0 unspecified atom stereocenters. The minimum Gasteiger partial charge on any atom is -0.362 e. The number of hydrogen-bond donors (Lipinski definition) is 0. The summed E-state index contributed by atoms with van der Waals surface area (Å²) in [6.45, 7) is 2.50. The fourth-order valence-electron chi connectivity index (χ4n) is 0.225. The second kappa shape index (κ2) is 4.69. The average molecular weight is 143 g/mol. The van der Waals surface area contributed by atoms with Crippen LogP contribution < -0.4 is 0 Å². The normalized spacial score (nSPS) is 14.1. The van der Waals surface area contributed by atoms with Gasteiger partial charge in [0.25, 0.3) is 0 Å². The lowest BCUT2D eigenvalue weighted by molar-refractivity contribution is 0.134. The first kappa shape index (κ1) is 7.54. The highest BCUT2D eigenvalue weighted by Crippen LogP contribution is 1.98. The summed E-state index contributed by atoms with van der Waals surface area (Å²) >= 11 is 10.7. The van der Waals surface area contributed by atoms with Crippen LogP contribution in [0.2, 0.25) is 0 Å². The molecule has 0 aliphatic heterocycles. The van der Waals surface area contributed by atoms with E-state index in [0.717, 1.165) is 0 Å². The Labute approximate surface area is 53.6 Å². The van der Waals surface area contributed by atoms with Gasteiger partial charge in [0.15, 0.2) is 0 Å². The summed E-state index contributed by atoms with van der Waals surface area (Å²) in [5, 5.41) is 0. The Balaban J connectivity index is 2.83. The van der Waals surface area contributed by atoms with Crippen LogP contribution in [-0.2, 0) is 4.74 Å². The molecular weight excluding hydrogens is 135 g/mol. The van der Waals surface area contributed by atoms with Gasteiger partial charge in [-0.2, -0.15) is 0 Å². The van der Waals surface area contributed by atoms with Crippen LogP contribution in [0.3, 0.4) is 0 Å². The van der Waals surface area contributed by atoms with E-state index >= 15 is 0 Å². The Hall–Kier alpha value is 0.540. The standard InChI is InChI=1S/C4H8Cl2O/c1-2-7-4(6)3-5/h4H,2-3H2,1H3/t4-/m0/s1. The van der Waals surface area contributed by atoms with Gasteiger partial charge in [-0.25, -0.2) is 0 Å². The SMILES string of the molecule is CCO[C@H](Cl)CCl. The molecular formula is C4H8Cl2O. The van der Waals surface area contributed by atoms with Crippen molar-refractivity contribution in [3.63, 3.8) is 0 Å². The van der Waals surface area contributed by atoms with Gasteiger partial charge in [-0.1, -0.05) is 11.6 Å². The molecule has 0 heterocycles. The fourth-order valence-corrected chi connectivity index (χ4v) is 0.440. The largest absolute Gasteiger partial charge is 0.362 e.